The Balaban J connectivity index is 1.92. The van der Waals surface area contributed by atoms with E-state index < -0.39 is 46.5 Å². The molecule has 2 amide bonds. The summed E-state index contributed by atoms with van der Waals surface area (Å²) < 4.78 is 43.9. The number of carbonyl (C=O) groups excluding carboxylic acids is 2. The molecule has 0 saturated carbocycles. The number of phosphoric ester groups is 2. The summed E-state index contributed by atoms with van der Waals surface area (Å²) >= 11 is 0. The lowest BCUT2D eigenvalue weighted by Gasteiger charge is -2.30. The van der Waals surface area contributed by atoms with E-state index in [0.29, 0.717) is 25.9 Å². The second-order valence-corrected chi connectivity index (χ2v) is 15.6. The van der Waals surface area contributed by atoms with Gasteiger partial charge in [0, 0.05) is 51.1 Å². The van der Waals surface area contributed by atoms with Crippen LogP contribution in [-0.4, -0.2) is 109 Å². The topological polar surface area (TPSA) is 230 Å². The summed E-state index contributed by atoms with van der Waals surface area (Å²) in [6.07, 6.45) is 1.48. The fourth-order valence-electron chi connectivity index (χ4n) is 4.72. The standard InChI is InChI=1S/C23H46N4O11P2S2/c1-35-39(31,32)36-17-19-13-21(15-27(19)22(29)6-3-2-4-8-24)38-40(33,34)37-16-18-12-20(28)14-26(18)23(30)7-5-10-41-42-11-9-25/h18-21,28H,2-17,24-25H2,1H3,(H,31,32)(H,33,34)/p-2/t18-,19-,20+,21+/m0/s1. The number of nitrogens with two attached hydrogens (primary N) is 2. The molecule has 2 aliphatic rings. The zero-order valence-corrected chi connectivity index (χ0v) is 27.3. The Bertz CT molecular complexity index is 941. The Kier molecular flexibility index (Phi) is 17.4. The van der Waals surface area contributed by atoms with Crippen LogP contribution in [0.5, 0.6) is 0 Å². The minimum absolute atomic E-state index is 0.0117. The van der Waals surface area contributed by atoms with Gasteiger partial charge in [0.25, 0.3) is 15.6 Å². The molecule has 2 heterocycles. The van der Waals surface area contributed by atoms with Crippen molar-refractivity contribution < 1.29 is 51.7 Å². The van der Waals surface area contributed by atoms with Crippen LogP contribution in [0.15, 0.2) is 0 Å². The van der Waals surface area contributed by atoms with Crippen molar-refractivity contribution in [2.24, 2.45) is 11.5 Å². The van der Waals surface area contributed by atoms with Gasteiger partial charge in [-0.3, -0.25) is 18.7 Å². The van der Waals surface area contributed by atoms with Gasteiger partial charge in [0.1, 0.15) is 0 Å². The van der Waals surface area contributed by atoms with Gasteiger partial charge in [-0.25, -0.2) is 0 Å². The molecular formula is C23H44N4O11P2S2-2. The van der Waals surface area contributed by atoms with Crippen molar-refractivity contribution >= 4 is 49.0 Å². The van der Waals surface area contributed by atoms with Gasteiger partial charge >= 0.3 is 0 Å². The highest BCUT2D eigenvalue weighted by Crippen LogP contribution is 2.44. The van der Waals surface area contributed by atoms with Gasteiger partial charge in [-0.05, 0) is 38.6 Å². The van der Waals surface area contributed by atoms with E-state index in [1.54, 1.807) is 21.6 Å². The number of aliphatic hydroxyl groups excluding tert-OH is 1. The number of likely N-dealkylation sites (tertiary alicyclic amines) is 2. The number of unbranched alkanes of at least 4 members (excludes halogenated alkanes) is 2. The van der Waals surface area contributed by atoms with Crippen LogP contribution < -0.4 is 21.3 Å². The van der Waals surface area contributed by atoms with Crippen molar-refractivity contribution in [1.29, 1.82) is 0 Å². The van der Waals surface area contributed by atoms with Crippen molar-refractivity contribution in [3.63, 3.8) is 0 Å². The van der Waals surface area contributed by atoms with Crippen LogP contribution in [0, 0.1) is 0 Å². The molecule has 246 valence electrons. The molecule has 0 bridgehead atoms. The smallest absolute Gasteiger partial charge is 0.268 e. The highest BCUT2D eigenvalue weighted by atomic mass is 33.1. The van der Waals surface area contributed by atoms with Gasteiger partial charge in [-0.2, -0.15) is 0 Å². The molecule has 0 radical (unpaired) electrons. The average molecular weight is 679 g/mol. The van der Waals surface area contributed by atoms with E-state index in [0.717, 1.165) is 31.5 Å². The van der Waals surface area contributed by atoms with Gasteiger partial charge in [-0.1, -0.05) is 28.0 Å². The van der Waals surface area contributed by atoms with Gasteiger partial charge in [0.2, 0.25) is 11.8 Å². The number of rotatable bonds is 21. The first kappa shape index (κ1) is 37.9. The SMILES string of the molecule is COP(=O)([O-])OC[C@@H]1C[C@@H](OP(=O)([O-])OC[C@@H]2C[C@@H](O)CN2C(=O)CCCSSCCN)CN1C(=O)CCCCCN. The Hall–Kier alpha value is -0.260. The lowest BCUT2D eigenvalue weighted by molar-refractivity contribution is -0.230. The van der Waals surface area contributed by atoms with Crippen LogP contribution in [-0.2, 0) is 36.8 Å². The average Bonchev–Trinajstić information content (AvgIpc) is 3.53. The lowest BCUT2D eigenvalue weighted by Crippen LogP contribution is -2.39. The maximum atomic E-state index is 12.9. The lowest BCUT2D eigenvalue weighted by atomic mass is 10.1. The van der Waals surface area contributed by atoms with Crippen molar-refractivity contribution in [2.45, 2.75) is 75.7 Å². The summed E-state index contributed by atoms with van der Waals surface area (Å²) in [5.74, 6) is 1.09. The quantitative estimate of drug-likeness (QED) is 0.0836. The number of hydrogen-bond acceptors (Lipinski definition) is 15. The van der Waals surface area contributed by atoms with Crippen molar-refractivity contribution in [2.75, 3.05) is 58.0 Å². The normalized spacial score (nSPS) is 25.5. The van der Waals surface area contributed by atoms with E-state index >= 15 is 0 Å². The summed E-state index contributed by atoms with van der Waals surface area (Å²) in [6, 6.07) is -1.41. The first-order valence-corrected chi connectivity index (χ1v) is 19.4. The largest absolute Gasteiger partial charge is 0.756 e. The summed E-state index contributed by atoms with van der Waals surface area (Å²) in [5.41, 5.74) is 10.9. The zero-order chi connectivity index (χ0) is 31.2. The molecule has 2 aliphatic heterocycles. The molecule has 2 rings (SSSR count). The Morgan fingerprint density at radius 2 is 1.45 bits per heavy atom. The summed E-state index contributed by atoms with van der Waals surface area (Å²) in [6.45, 7) is 0.249. The number of phosphoric acid groups is 2. The van der Waals surface area contributed by atoms with E-state index in [-0.39, 0.29) is 57.2 Å². The van der Waals surface area contributed by atoms with Crippen LogP contribution in [0.1, 0.15) is 51.4 Å². The minimum Gasteiger partial charge on any atom is -0.756 e. The molecule has 0 aliphatic carbocycles. The van der Waals surface area contributed by atoms with E-state index in [4.69, 9.17) is 25.0 Å². The number of aliphatic hydroxyl groups is 1. The molecule has 15 nitrogen and oxygen atoms in total. The second kappa shape index (κ2) is 19.3. The van der Waals surface area contributed by atoms with Crippen molar-refractivity contribution in [3.05, 3.63) is 0 Å². The Labute approximate surface area is 255 Å². The van der Waals surface area contributed by atoms with Gasteiger partial charge in [0.15, 0.2) is 0 Å². The molecule has 0 aromatic heterocycles. The van der Waals surface area contributed by atoms with Crippen molar-refractivity contribution in [1.82, 2.24) is 9.80 Å². The maximum Gasteiger partial charge on any atom is 0.268 e. The van der Waals surface area contributed by atoms with Gasteiger partial charge in [0.05, 0.1) is 37.5 Å². The molecule has 6 atom stereocenters. The molecule has 0 aromatic carbocycles. The second-order valence-electron chi connectivity index (χ2n) is 10.1. The number of nitrogens with zero attached hydrogens (tertiary/aromatic N) is 2. The van der Waals surface area contributed by atoms with E-state index in [2.05, 4.69) is 4.52 Å². The molecular weight excluding hydrogens is 634 g/mol. The maximum absolute atomic E-state index is 12.9. The molecule has 5 N–H and O–H groups in total. The number of amides is 2. The molecule has 2 saturated heterocycles. The summed E-state index contributed by atoms with van der Waals surface area (Å²) in [7, 11) is -5.26. The molecule has 19 heteroatoms. The Morgan fingerprint density at radius 1 is 0.857 bits per heavy atom. The highest BCUT2D eigenvalue weighted by molar-refractivity contribution is 8.76. The third-order valence-corrected chi connectivity index (χ3v) is 11.2. The molecule has 2 fully saturated rings. The van der Waals surface area contributed by atoms with E-state index in [1.165, 1.54) is 9.80 Å². The third kappa shape index (κ3) is 13.8. The number of β-amino-alcohol motifs (C(OH)–C–C–N with tert-alkyl or cyclic N) is 1. The van der Waals surface area contributed by atoms with Crippen LogP contribution in [0.2, 0.25) is 0 Å². The molecule has 42 heavy (non-hydrogen) atoms. The Morgan fingerprint density at radius 3 is 2.10 bits per heavy atom. The van der Waals surface area contributed by atoms with Crippen molar-refractivity contribution in [3.8, 4) is 0 Å². The van der Waals surface area contributed by atoms with E-state index in [9.17, 15) is 33.6 Å². The van der Waals surface area contributed by atoms with Crippen LogP contribution in [0.4, 0.5) is 0 Å². The predicted octanol–water partition coefficient (Wildman–Crippen LogP) is 0.190. The summed E-state index contributed by atoms with van der Waals surface area (Å²) in [5, 5.41) is 10.1. The zero-order valence-electron chi connectivity index (χ0n) is 23.9. The predicted molar refractivity (Wildman–Crippen MR) is 156 cm³/mol. The molecule has 0 spiro atoms. The van der Waals surface area contributed by atoms with Crippen LogP contribution >= 0.6 is 37.2 Å². The highest BCUT2D eigenvalue weighted by Gasteiger charge is 2.39. The number of hydrogen-bond donors (Lipinski definition) is 3. The fourth-order valence-corrected chi connectivity index (χ4v) is 8.06. The van der Waals surface area contributed by atoms with Gasteiger partial charge in [-0.15, -0.1) is 0 Å². The van der Waals surface area contributed by atoms with Crippen LogP contribution in [0.25, 0.3) is 0 Å². The molecule has 0 aromatic rings. The first-order chi connectivity index (χ1) is 19.9. The first-order valence-electron chi connectivity index (χ1n) is 14.0. The van der Waals surface area contributed by atoms with Crippen LogP contribution in [0.3, 0.4) is 0 Å². The fraction of sp³-hybridized carbons (Fsp3) is 0.913. The molecule has 2 unspecified atom stereocenters. The van der Waals surface area contributed by atoms with Gasteiger partial charge < -0.3 is 54.3 Å². The number of carbonyl (C=O) groups is 2. The minimum atomic E-state index is -4.90. The summed E-state index contributed by atoms with van der Waals surface area (Å²) in [4.78, 5) is 52.8. The monoisotopic (exact) mass is 678 g/mol. The third-order valence-electron chi connectivity index (χ3n) is 6.76. The van der Waals surface area contributed by atoms with E-state index in [1.807, 2.05) is 0 Å².